The van der Waals surface area contributed by atoms with Gasteiger partial charge in [0, 0.05) is 11.3 Å². The van der Waals surface area contributed by atoms with E-state index < -0.39 is 17.8 Å². The predicted octanol–water partition coefficient (Wildman–Crippen LogP) is 3.07. The molecule has 0 aromatic heterocycles. The predicted molar refractivity (Wildman–Crippen MR) is 68.0 cm³/mol. The van der Waals surface area contributed by atoms with E-state index >= 15 is 0 Å². The van der Waals surface area contributed by atoms with Gasteiger partial charge in [0.25, 0.3) is 0 Å². The monoisotopic (exact) mass is 283 g/mol. The number of aliphatic hydroxyl groups excluding tert-OH is 1. The Morgan fingerprint density at radius 1 is 1.05 bits per heavy atom. The molecule has 0 heterocycles. The molecule has 0 saturated heterocycles. The molecule has 3 nitrogen and oxygen atoms in total. The number of halogens is 3. The zero-order valence-corrected chi connectivity index (χ0v) is 10.2. The van der Waals surface area contributed by atoms with E-state index in [1.54, 1.807) is 0 Å². The average molecular weight is 283 g/mol. The zero-order valence-electron chi connectivity index (χ0n) is 10.2. The van der Waals surface area contributed by atoms with Crippen molar-refractivity contribution in [3.63, 3.8) is 0 Å². The smallest absolute Gasteiger partial charge is 0.416 e. The maximum Gasteiger partial charge on any atom is 0.416 e. The lowest BCUT2D eigenvalue weighted by molar-refractivity contribution is -0.137. The van der Waals surface area contributed by atoms with E-state index in [9.17, 15) is 23.4 Å². The first kappa shape index (κ1) is 14.2. The zero-order chi connectivity index (χ0) is 14.9. The van der Waals surface area contributed by atoms with Gasteiger partial charge in [-0.25, -0.2) is 0 Å². The highest BCUT2D eigenvalue weighted by molar-refractivity contribution is 5.53. The Kier molecular flexibility index (Phi) is 3.59. The van der Waals surface area contributed by atoms with Crippen LogP contribution in [0.2, 0.25) is 0 Å². The lowest BCUT2D eigenvalue weighted by Crippen LogP contribution is -2.08. The number of nitrogen functional groups attached to an aromatic ring is 1. The molecule has 0 aliphatic carbocycles. The van der Waals surface area contributed by atoms with Gasteiger partial charge in [0.2, 0.25) is 0 Å². The lowest BCUT2D eigenvalue weighted by Gasteiger charge is -2.16. The van der Waals surface area contributed by atoms with Gasteiger partial charge in [0.05, 0.1) is 5.56 Å². The number of alkyl halides is 3. The van der Waals surface area contributed by atoms with Crippen LogP contribution in [0.4, 0.5) is 18.9 Å². The number of hydrogen-bond acceptors (Lipinski definition) is 3. The molecule has 0 aliphatic heterocycles. The van der Waals surface area contributed by atoms with Crippen LogP contribution in [0.5, 0.6) is 5.75 Å². The van der Waals surface area contributed by atoms with Gasteiger partial charge in [0.15, 0.2) is 0 Å². The molecule has 1 atom stereocenters. The number of anilines is 1. The third-order valence-electron chi connectivity index (χ3n) is 2.89. The van der Waals surface area contributed by atoms with Gasteiger partial charge in [0.1, 0.15) is 11.9 Å². The fraction of sp³-hybridized carbons (Fsp3) is 0.143. The van der Waals surface area contributed by atoms with Crippen LogP contribution in [0.25, 0.3) is 0 Å². The summed E-state index contributed by atoms with van der Waals surface area (Å²) in [7, 11) is 0. The number of phenols is 1. The normalized spacial score (nSPS) is 13.2. The molecular formula is C14H12F3NO2. The minimum atomic E-state index is -4.49. The van der Waals surface area contributed by atoms with E-state index in [0.29, 0.717) is 0 Å². The summed E-state index contributed by atoms with van der Waals surface area (Å²) >= 11 is 0. The molecule has 2 aromatic carbocycles. The molecule has 20 heavy (non-hydrogen) atoms. The second-order valence-corrected chi connectivity index (χ2v) is 4.34. The van der Waals surface area contributed by atoms with Crippen molar-refractivity contribution in [2.45, 2.75) is 12.3 Å². The van der Waals surface area contributed by atoms with E-state index in [4.69, 9.17) is 5.73 Å². The molecule has 0 radical (unpaired) electrons. The first-order valence-corrected chi connectivity index (χ1v) is 5.72. The molecule has 2 aromatic rings. The van der Waals surface area contributed by atoms with Gasteiger partial charge >= 0.3 is 6.18 Å². The number of aromatic hydroxyl groups is 1. The van der Waals surface area contributed by atoms with Crippen LogP contribution in [-0.2, 0) is 6.18 Å². The van der Waals surface area contributed by atoms with Crippen molar-refractivity contribution >= 4 is 5.69 Å². The Morgan fingerprint density at radius 2 is 1.75 bits per heavy atom. The molecule has 0 bridgehead atoms. The summed E-state index contributed by atoms with van der Waals surface area (Å²) in [5, 5.41) is 19.5. The number of aliphatic hydroxyl groups is 1. The van der Waals surface area contributed by atoms with Gasteiger partial charge in [-0.3, -0.25) is 0 Å². The van der Waals surface area contributed by atoms with Crippen molar-refractivity contribution < 1.29 is 23.4 Å². The van der Waals surface area contributed by atoms with Gasteiger partial charge in [-0.05, 0) is 35.9 Å². The number of benzene rings is 2. The molecule has 0 aliphatic rings. The van der Waals surface area contributed by atoms with Gasteiger partial charge < -0.3 is 15.9 Å². The Hall–Kier alpha value is -2.21. The van der Waals surface area contributed by atoms with Crippen molar-refractivity contribution in [2.75, 3.05) is 5.73 Å². The first-order chi connectivity index (χ1) is 9.29. The van der Waals surface area contributed by atoms with Gasteiger partial charge in [-0.2, -0.15) is 13.2 Å². The SMILES string of the molecule is Nc1ccc(O)cc1C(O)c1cccc(C(F)(F)F)c1. The molecule has 0 amide bonds. The Balaban J connectivity index is 2.43. The van der Waals surface area contributed by atoms with Crippen molar-refractivity contribution in [1.82, 2.24) is 0 Å². The van der Waals surface area contributed by atoms with E-state index in [1.807, 2.05) is 0 Å². The van der Waals surface area contributed by atoms with E-state index in [0.717, 1.165) is 12.1 Å². The number of rotatable bonds is 2. The van der Waals surface area contributed by atoms with Crippen LogP contribution >= 0.6 is 0 Å². The van der Waals surface area contributed by atoms with E-state index in [2.05, 4.69) is 0 Å². The molecule has 1 unspecified atom stereocenters. The highest BCUT2D eigenvalue weighted by Crippen LogP contribution is 2.34. The molecule has 6 heteroatoms. The van der Waals surface area contributed by atoms with Crippen LogP contribution in [0.15, 0.2) is 42.5 Å². The Bertz CT molecular complexity index is 626. The van der Waals surface area contributed by atoms with Crippen molar-refractivity contribution in [1.29, 1.82) is 0 Å². The van der Waals surface area contributed by atoms with Crippen LogP contribution in [0.3, 0.4) is 0 Å². The summed E-state index contributed by atoms with van der Waals surface area (Å²) in [4.78, 5) is 0. The highest BCUT2D eigenvalue weighted by Gasteiger charge is 2.31. The summed E-state index contributed by atoms with van der Waals surface area (Å²) in [5.74, 6) is -0.125. The van der Waals surface area contributed by atoms with Crippen molar-refractivity contribution in [2.24, 2.45) is 0 Å². The minimum Gasteiger partial charge on any atom is -0.508 e. The van der Waals surface area contributed by atoms with Crippen LogP contribution in [-0.4, -0.2) is 10.2 Å². The van der Waals surface area contributed by atoms with Crippen LogP contribution in [0, 0.1) is 0 Å². The van der Waals surface area contributed by atoms with Crippen molar-refractivity contribution in [3.8, 4) is 5.75 Å². The van der Waals surface area contributed by atoms with Crippen molar-refractivity contribution in [3.05, 3.63) is 59.2 Å². The fourth-order valence-corrected chi connectivity index (χ4v) is 1.86. The topological polar surface area (TPSA) is 66.5 Å². The Labute approximate surface area is 113 Å². The van der Waals surface area contributed by atoms with Gasteiger partial charge in [-0.15, -0.1) is 0 Å². The lowest BCUT2D eigenvalue weighted by atomic mass is 9.98. The minimum absolute atomic E-state index is 0.0529. The number of phenolic OH excluding ortho intramolecular Hbond substituents is 1. The summed E-state index contributed by atoms with van der Waals surface area (Å²) in [6, 6.07) is 8.28. The largest absolute Gasteiger partial charge is 0.508 e. The maximum atomic E-state index is 12.6. The summed E-state index contributed by atoms with van der Waals surface area (Å²) in [6.07, 6.45) is -5.83. The third-order valence-corrected chi connectivity index (χ3v) is 2.89. The van der Waals surface area contributed by atoms with Gasteiger partial charge in [-0.1, -0.05) is 12.1 Å². The molecule has 0 spiro atoms. The van der Waals surface area contributed by atoms with E-state index in [1.165, 1.54) is 30.3 Å². The Morgan fingerprint density at radius 3 is 2.40 bits per heavy atom. The maximum absolute atomic E-state index is 12.6. The second-order valence-electron chi connectivity index (χ2n) is 4.34. The summed E-state index contributed by atoms with van der Waals surface area (Å²) in [6.45, 7) is 0. The molecule has 2 rings (SSSR count). The van der Waals surface area contributed by atoms with Crippen LogP contribution < -0.4 is 5.73 Å². The quantitative estimate of drug-likeness (QED) is 0.586. The van der Waals surface area contributed by atoms with E-state index in [-0.39, 0.29) is 22.6 Å². The molecular weight excluding hydrogens is 271 g/mol. The fourth-order valence-electron chi connectivity index (χ4n) is 1.86. The number of nitrogens with two attached hydrogens (primary N) is 1. The van der Waals surface area contributed by atoms with Crippen LogP contribution in [0.1, 0.15) is 22.8 Å². The second kappa shape index (κ2) is 5.05. The third kappa shape index (κ3) is 2.85. The first-order valence-electron chi connectivity index (χ1n) is 5.72. The molecule has 0 saturated carbocycles. The molecule has 106 valence electrons. The average Bonchev–Trinajstić information content (AvgIpc) is 2.40. The summed E-state index contributed by atoms with van der Waals surface area (Å²) < 4.78 is 37.9. The summed E-state index contributed by atoms with van der Waals surface area (Å²) in [5.41, 5.74) is 5.20. The standard InChI is InChI=1S/C14H12F3NO2/c15-14(16,17)9-3-1-2-8(6-9)13(20)11-7-10(19)4-5-12(11)18/h1-7,13,19-20H,18H2. The molecule has 0 fully saturated rings. The number of hydrogen-bond donors (Lipinski definition) is 3. The highest BCUT2D eigenvalue weighted by atomic mass is 19.4. The molecule has 4 N–H and O–H groups in total.